The highest BCUT2D eigenvalue weighted by atomic mass is 79.9. The van der Waals surface area contributed by atoms with Gasteiger partial charge in [-0.25, -0.2) is 9.89 Å². The summed E-state index contributed by atoms with van der Waals surface area (Å²) in [7, 11) is 0. The third-order valence-corrected chi connectivity index (χ3v) is 4.89. The molecule has 0 bridgehead atoms. The fraction of sp³-hybridized carbons (Fsp3) is 0. The van der Waals surface area contributed by atoms with Gasteiger partial charge < -0.3 is 10.6 Å². The van der Waals surface area contributed by atoms with Gasteiger partial charge in [0.2, 0.25) is 0 Å². The van der Waals surface area contributed by atoms with Crippen LogP contribution in [0, 0.1) is 0 Å². The Morgan fingerprint density at radius 1 is 1.08 bits per heavy atom. The SMILES string of the molecule is O=C(Nc1ccc(Cl)c(Cl)c1)Nc1c(Br)cc(Br)cc1-c1nnn[nH]1. The van der Waals surface area contributed by atoms with Crippen LogP contribution in [-0.2, 0) is 0 Å². The Bertz CT molecular complexity index is 935. The number of halogens is 4. The molecule has 0 spiro atoms. The number of aromatic nitrogens is 4. The van der Waals surface area contributed by atoms with E-state index in [1.54, 1.807) is 30.3 Å². The van der Waals surface area contributed by atoms with E-state index in [1.165, 1.54) is 0 Å². The van der Waals surface area contributed by atoms with Crippen LogP contribution in [-0.4, -0.2) is 26.7 Å². The van der Waals surface area contributed by atoms with Crippen LogP contribution in [0.5, 0.6) is 0 Å². The number of urea groups is 1. The minimum atomic E-state index is -0.463. The average Bonchev–Trinajstić information content (AvgIpc) is 3.07. The van der Waals surface area contributed by atoms with E-state index >= 15 is 0 Å². The molecule has 0 unspecified atom stereocenters. The molecular formula is C14H8Br2Cl2N6O. The highest BCUT2D eigenvalue weighted by Crippen LogP contribution is 2.36. The van der Waals surface area contributed by atoms with Crippen LogP contribution in [0.3, 0.4) is 0 Å². The number of aromatic amines is 1. The molecule has 0 aliphatic rings. The lowest BCUT2D eigenvalue weighted by molar-refractivity contribution is 0.262. The summed E-state index contributed by atoms with van der Waals surface area (Å²) < 4.78 is 1.44. The second-order valence-electron chi connectivity index (χ2n) is 4.77. The predicted octanol–water partition coefficient (Wildman–Crippen LogP) is 5.34. The van der Waals surface area contributed by atoms with Gasteiger partial charge in [0.15, 0.2) is 5.82 Å². The maximum atomic E-state index is 12.3. The Morgan fingerprint density at radius 2 is 1.88 bits per heavy atom. The van der Waals surface area contributed by atoms with E-state index in [2.05, 4.69) is 63.1 Å². The molecule has 0 fully saturated rings. The normalized spacial score (nSPS) is 10.6. The zero-order valence-electron chi connectivity index (χ0n) is 12.1. The van der Waals surface area contributed by atoms with Crippen LogP contribution in [0.25, 0.3) is 11.4 Å². The zero-order valence-corrected chi connectivity index (χ0v) is 16.8. The molecule has 3 N–H and O–H groups in total. The van der Waals surface area contributed by atoms with E-state index in [0.717, 1.165) is 4.47 Å². The van der Waals surface area contributed by atoms with Crippen molar-refractivity contribution in [3.63, 3.8) is 0 Å². The van der Waals surface area contributed by atoms with Crippen LogP contribution in [0.1, 0.15) is 0 Å². The van der Waals surface area contributed by atoms with Gasteiger partial charge in [0.25, 0.3) is 0 Å². The minimum Gasteiger partial charge on any atom is -0.308 e. The fourth-order valence-corrected chi connectivity index (χ4v) is 3.63. The number of carbonyl (C=O) groups is 1. The van der Waals surface area contributed by atoms with Crippen LogP contribution >= 0.6 is 55.1 Å². The molecule has 0 atom stereocenters. The van der Waals surface area contributed by atoms with Gasteiger partial charge in [-0.15, -0.1) is 5.10 Å². The summed E-state index contributed by atoms with van der Waals surface area (Å²) in [4.78, 5) is 12.3. The Balaban J connectivity index is 1.87. The quantitative estimate of drug-likeness (QED) is 0.446. The molecule has 11 heteroatoms. The van der Waals surface area contributed by atoms with Crippen molar-refractivity contribution in [3.8, 4) is 11.4 Å². The maximum absolute atomic E-state index is 12.3. The molecule has 3 aromatic rings. The first-order chi connectivity index (χ1) is 11.9. The van der Waals surface area contributed by atoms with Crippen LogP contribution in [0.15, 0.2) is 39.3 Å². The van der Waals surface area contributed by atoms with Crippen LogP contribution in [0.2, 0.25) is 10.0 Å². The number of carbonyl (C=O) groups excluding carboxylic acids is 1. The third kappa shape index (κ3) is 4.30. The molecule has 0 saturated carbocycles. The number of hydrogen-bond donors (Lipinski definition) is 3. The van der Waals surface area contributed by atoms with E-state index in [-0.39, 0.29) is 0 Å². The minimum absolute atomic E-state index is 0.345. The first-order valence-electron chi connectivity index (χ1n) is 6.70. The lowest BCUT2D eigenvalue weighted by atomic mass is 10.1. The van der Waals surface area contributed by atoms with Crippen molar-refractivity contribution in [2.75, 3.05) is 10.6 Å². The average molecular weight is 507 g/mol. The number of rotatable bonds is 3. The summed E-state index contributed by atoms with van der Waals surface area (Å²) in [5.74, 6) is 0.409. The van der Waals surface area contributed by atoms with E-state index < -0.39 is 6.03 Å². The molecule has 2 amide bonds. The summed E-state index contributed by atoms with van der Waals surface area (Å²) in [6.45, 7) is 0. The predicted molar refractivity (Wildman–Crippen MR) is 104 cm³/mol. The molecule has 1 heterocycles. The van der Waals surface area contributed by atoms with Gasteiger partial charge in [0, 0.05) is 20.2 Å². The van der Waals surface area contributed by atoms with Gasteiger partial charge in [0.05, 0.1) is 15.7 Å². The number of nitrogens with zero attached hydrogens (tertiary/aromatic N) is 3. The largest absolute Gasteiger partial charge is 0.323 e. The smallest absolute Gasteiger partial charge is 0.308 e. The molecule has 0 aliphatic heterocycles. The Labute approximate surface area is 168 Å². The molecule has 1 aromatic heterocycles. The molecule has 0 saturated heterocycles. The van der Waals surface area contributed by atoms with Crippen molar-refractivity contribution in [1.29, 1.82) is 0 Å². The summed E-state index contributed by atoms with van der Waals surface area (Å²) in [6, 6.07) is 7.91. The zero-order chi connectivity index (χ0) is 18.0. The van der Waals surface area contributed by atoms with E-state index in [9.17, 15) is 4.79 Å². The number of nitrogens with one attached hydrogen (secondary N) is 3. The second-order valence-corrected chi connectivity index (χ2v) is 7.35. The molecule has 0 aliphatic carbocycles. The molecule has 2 aromatic carbocycles. The molecule has 7 nitrogen and oxygen atoms in total. The van der Waals surface area contributed by atoms with Gasteiger partial charge >= 0.3 is 6.03 Å². The van der Waals surface area contributed by atoms with E-state index in [1.807, 2.05) is 0 Å². The number of anilines is 2. The van der Waals surface area contributed by atoms with Gasteiger partial charge in [-0.05, 0) is 56.7 Å². The van der Waals surface area contributed by atoms with Crippen molar-refractivity contribution in [2.45, 2.75) is 0 Å². The van der Waals surface area contributed by atoms with Crippen molar-refractivity contribution >= 4 is 72.5 Å². The topological polar surface area (TPSA) is 95.6 Å². The summed E-state index contributed by atoms with van der Waals surface area (Å²) in [5.41, 5.74) is 1.61. The Morgan fingerprint density at radius 3 is 2.56 bits per heavy atom. The van der Waals surface area contributed by atoms with E-state index in [0.29, 0.717) is 37.3 Å². The third-order valence-electron chi connectivity index (χ3n) is 3.07. The number of tetrazole rings is 1. The molecule has 3 rings (SSSR count). The second kappa shape index (κ2) is 7.69. The van der Waals surface area contributed by atoms with Crippen LogP contribution in [0.4, 0.5) is 16.2 Å². The first kappa shape index (κ1) is 18.1. The molecule has 25 heavy (non-hydrogen) atoms. The summed E-state index contributed by atoms with van der Waals surface area (Å²) in [5, 5.41) is 19.9. The van der Waals surface area contributed by atoms with Crippen molar-refractivity contribution < 1.29 is 4.79 Å². The summed E-state index contributed by atoms with van der Waals surface area (Å²) >= 11 is 18.6. The van der Waals surface area contributed by atoms with Gasteiger partial charge in [0.1, 0.15) is 0 Å². The van der Waals surface area contributed by atoms with Gasteiger partial charge in [-0.3, -0.25) is 0 Å². The molecule has 0 radical (unpaired) electrons. The van der Waals surface area contributed by atoms with Crippen molar-refractivity contribution in [2.24, 2.45) is 0 Å². The highest BCUT2D eigenvalue weighted by Gasteiger charge is 2.16. The summed E-state index contributed by atoms with van der Waals surface area (Å²) in [6.07, 6.45) is 0. The van der Waals surface area contributed by atoms with E-state index in [4.69, 9.17) is 23.2 Å². The fourth-order valence-electron chi connectivity index (χ4n) is 2.01. The van der Waals surface area contributed by atoms with Gasteiger partial charge in [-0.2, -0.15) is 0 Å². The van der Waals surface area contributed by atoms with Crippen molar-refractivity contribution in [1.82, 2.24) is 20.6 Å². The lowest BCUT2D eigenvalue weighted by Gasteiger charge is -2.13. The van der Waals surface area contributed by atoms with Crippen molar-refractivity contribution in [3.05, 3.63) is 49.3 Å². The Kier molecular flexibility index (Phi) is 5.57. The molecular weight excluding hydrogens is 499 g/mol. The molecule has 128 valence electrons. The number of hydrogen-bond acceptors (Lipinski definition) is 4. The highest BCUT2D eigenvalue weighted by molar-refractivity contribution is 9.11. The number of H-pyrrole nitrogens is 1. The van der Waals surface area contributed by atoms with Gasteiger partial charge in [-0.1, -0.05) is 39.1 Å². The monoisotopic (exact) mass is 504 g/mol. The standard InChI is InChI=1S/C14H8Br2Cl2N6O/c15-6-3-8(13-21-23-24-22-13)12(9(16)4-6)20-14(25)19-7-1-2-10(17)11(18)5-7/h1-5H,(H2,19,20,25)(H,21,22,23,24). The number of benzene rings is 2. The number of amides is 2. The van der Waals surface area contributed by atoms with Crippen LogP contribution < -0.4 is 10.6 Å². The Hall–Kier alpha value is -1.68. The maximum Gasteiger partial charge on any atom is 0.323 e. The first-order valence-corrected chi connectivity index (χ1v) is 9.04. The lowest BCUT2D eigenvalue weighted by Crippen LogP contribution is -2.20.